The molecule has 22 heavy (non-hydrogen) atoms. The van der Waals surface area contributed by atoms with Gasteiger partial charge in [-0.2, -0.15) is 4.98 Å². The fourth-order valence-corrected chi connectivity index (χ4v) is 2.69. The van der Waals surface area contributed by atoms with Crippen molar-refractivity contribution in [1.82, 2.24) is 15.0 Å². The summed E-state index contributed by atoms with van der Waals surface area (Å²) in [5.41, 5.74) is 0. The van der Waals surface area contributed by atoms with Crippen LogP contribution in [0, 0.1) is 0 Å². The van der Waals surface area contributed by atoms with Gasteiger partial charge in [0.05, 0.1) is 0 Å². The van der Waals surface area contributed by atoms with Gasteiger partial charge in [-0.25, -0.2) is 0 Å². The monoisotopic (exact) mass is 317 g/mol. The number of carbonyl (C=O) groups excluding carboxylic acids is 1. The van der Waals surface area contributed by atoms with E-state index in [0.29, 0.717) is 13.1 Å². The maximum absolute atomic E-state index is 11.4. The zero-order valence-electron chi connectivity index (χ0n) is 12.9. The minimum absolute atomic E-state index is 0.0544. The number of nitrogens with zero attached hydrogens (tertiary/aromatic N) is 3. The van der Waals surface area contributed by atoms with Crippen molar-refractivity contribution in [3.63, 3.8) is 0 Å². The van der Waals surface area contributed by atoms with Crippen LogP contribution in [0.25, 0.3) is 10.8 Å². The van der Waals surface area contributed by atoms with Gasteiger partial charge in [0.15, 0.2) is 6.33 Å². The largest absolute Gasteiger partial charge is 0.335 e. The molecule has 0 spiro atoms. The molecule has 0 fully saturated rings. The van der Waals surface area contributed by atoms with E-state index in [1.165, 1.54) is 22.0 Å². The summed E-state index contributed by atoms with van der Waals surface area (Å²) < 4.78 is 4.63. The van der Waals surface area contributed by atoms with E-state index in [0.717, 1.165) is 0 Å². The molecular weight excluding hydrogens is 298 g/mol. The number of hydrogen-bond acceptors (Lipinski definition) is 5. The molecule has 0 aliphatic carbocycles. The Morgan fingerprint density at radius 3 is 2.27 bits per heavy atom. The second-order valence-corrected chi connectivity index (χ2v) is 5.41. The molecule has 1 aromatic heterocycles. The van der Waals surface area contributed by atoms with Gasteiger partial charge in [0.2, 0.25) is 0 Å². The van der Waals surface area contributed by atoms with Crippen molar-refractivity contribution in [1.29, 1.82) is 0 Å². The number of aromatic nitrogens is 2. The number of thioether (sulfide) groups is 1. The van der Waals surface area contributed by atoms with E-state index in [2.05, 4.69) is 51.3 Å². The summed E-state index contributed by atoms with van der Waals surface area (Å²) in [6, 6.07) is 10.9. The quantitative estimate of drug-likeness (QED) is 0.689. The van der Waals surface area contributed by atoms with E-state index in [-0.39, 0.29) is 11.8 Å². The molecule has 4 rings (SSSR count). The van der Waals surface area contributed by atoms with Crippen LogP contribution in [0.4, 0.5) is 0 Å². The van der Waals surface area contributed by atoms with Gasteiger partial charge in [-0.1, -0.05) is 29.4 Å². The first-order valence-electron chi connectivity index (χ1n) is 7.11. The molecular formula is C16H19N3O2S. The molecule has 0 saturated carbocycles. The molecule has 6 heteroatoms. The van der Waals surface area contributed by atoms with Crippen LogP contribution in [0.3, 0.4) is 0 Å². The van der Waals surface area contributed by atoms with Crippen molar-refractivity contribution >= 4 is 28.4 Å². The van der Waals surface area contributed by atoms with Crippen molar-refractivity contribution in [2.45, 2.75) is 18.7 Å². The number of rotatable bonds is 4. The topological polar surface area (TPSA) is 59.2 Å². The maximum atomic E-state index is 11.4. The molecule has 0 aliphatic rings. The van der Waals surface area contributed by atoms with Gasteiger partial charge in [-0.05, 0) is 36.9 Å². The molecule has 4 aromatic rings. The Morgan fingerprint density at radius 1 is 1.23 bits per heavy atom. The first-order valence-corrected chi connectivity index (χ1v) is 8.34. The van der Waals surface area contributed by atoms with Gasteiger partial charge in [-0.3, -0.25) is 4.79 Å². The van der Waals surface area contributed by atoms with Crippen molar-refractivity contribution in [3.05, 3.63) is 42.5 Å². The standard InChI is InChI=1S/C9H8S.C7H11N3O2/c1-10-9-6-7-2-4-8(9)5-3-7;1-3-10(4-2)7(11)6-8-5-9-12-6/h2-6H,1H3;5H,3-4H2,1-2H3. The summed E-state index contributed by atoms with van der Waals surface area (Å²) in [7, 11) is 0. The summed E-state index contributed by atoms with van der Waals surface area (Å²) in [6.45, 7) is 5.10. The van der Waals surface area contributed by atoms with Crippen molar-refractivity contribution < 1.29 is 9.32 Å². The third-order valence-electron chi connectivity index (χ3n) is 3.31. The molecule has 0 radical (unpaired) electrons. The number of amides is 1. The van der Waals surface area contributed by atoms with E-state index < -0.39 is 0 Å². The summed E-state index contributed by atoms with van der Waals surface area (Å²) >= 11 is 1.81. The van der Waals surface area contributed by atoms with E-state index in [1.54, 1.807) is 4.90 Å². The predicted molar refractivity (Wildman–Crippen MR) is 88.5 cm³/mol. The highest BCUT2D eigenvalue weighted by atomic mass is 32.2. The number of carbonyl (C=O) groups is 1. The molecule has 0 unspecified atom stereocenters. The Kier molecular flexibility index (Phi) is 5.77. The fraction of sp³-hybridized carbons (Fsp3) is 0.312. The molecule has 1 amide bonds. The Morgan fingerprint density at radius 2 is 1.91 bits per heavy atom. The second kappa shape index (κ2) is 7.79. The number of benzene rings is 3. The molecule has 0 N–H and O–H groups in total. The Hall–Kier alpha value is -2.08. The highest BCUT2D eigenvalue weighted by Gasteiger charge is 2.17. The van der Waals surface area contributed by atoms with Crippen LogP contribution in [0.5, 0.6) is 0 Å². The number of hydrogen-bond donors (Lipinski definition) is 0. The SMILES string of the molecule is CCN(CC)C(=O)c1ncno1.CSc1cc2ccc1cc2. The lowest BCUT2D eigenvalue weighted by Gasteiger charge is -2.15. The zero-order valence-corrected chi connectivity index (χ0v) is 13.8. The molecule has 1 heterocycles. The molecule has 5 nitrogen and oxygen atoms in total. The zero-order chi connectivity index (χ0) is 15.9. The first-order chi connectivity index (χ1) is 10.7. The van der Waals surface area contributed by atoms with Crippen LogP contribution in [0.2, 0.25) is 0 Å². The lowest BCUT2D eigenvalue weighted by Crippen LogP contribution is -2.30. The van der Waals surface area contributed by atoms with E-state index in [1.807, 2.05) is 25.6 Å². The summed E-state index contributed by atoms with van der Waals surface area (Å²) in [6.07, 6.45) is 3.33. The van der Waals surface area contributed by atoms with Crippen LogP contribution >= 0.6 is 11.8 Å². The van der Waals surface area contributed by atoms with Crippen LogP contribution in [0.15, 0.2) is 46.1 Å². The highest BCUT2D eigenvalue weighted by Crippen LogP contribution is 2.25. The third kappa shape index (κ3) is 3.76. The van der Waals surface area contributed by atoms with Gasteiger partial charge in [-0.15, -0.1) is 11.8 Å². The molecule has 0 atom stereocenters. The van der Waals surface area contributed by atoms with E-state index in [4.69, 9.17) is 0 Å². The minimum atomic E-state index is -0.211. The van der Waals surface area contributed by atoms with Gasteiger partial charge >= 0.3 is 11.8 Å². The van der Waals surface area contributed by atoms with Crippen LogP contribution in [-0.2, 0) is 0 Å². The average molecular weight is 317 g/mol. The molecule has 3 aromatic carbocycles. The van der Waals surface area contributed by atoms with Crippen molar-refractivity contribution in [2.75, 3.05) is 19.3 Å². The molecule has 0 aliphatic heterocycles. The average Bonchev–Trinajstić information content (AvgIpc) is 3.12. The Bertz CT molecular complexity index is 676. The summed E-state index contributed by atoms with van der Waals surface area (Å²) in [5.74, 6) is -0.156. The molecule has 116 valence electrons. The maximum Gasteiger partial charge on any atom is 0.315 e. The highest BCUT2D eigenvalue weighted by molar-refractivity contribution is 7.98. The van der Waals surface area contributed by atoms with E-state index in [9.17, 15) is 4.79 Å². The van der Waals surface area contributed by atoms with Crippen molar-refractivity contribution in [3.8, 4) is 0 Å². The van der Waals surface area contributed by atoms with Gasteiger partial charge in [0.1, 0.15) is 0 Å². The van der Waals surface area contributed by atoms with Gasteiger partial charge in [0, 0.05) is 18.0 Å². The molecule has 2 bridgehead atoms. The lowest BCUT2D eigenvalue weighted by atomic mass is 10.1. The Labute approximate surface area is 134 Å². The normalized spacial score (nSPS) is 10.3. The number of fused-ring (bicyclic) bond motifs is 3. The third-order valence-corrected chi connectivity index (χ3v) is 4.10. The van der Waals surface area contributed by atoms with Gasteiger partial charge < -0.3 is 9.42 Å². The van der Waals surface area contributed by atoms with Crippen LogP contribution in [0.1, 0.15) is 24.5 Å². The van der Waals surface area contributed by atoms with Crippen LogP contribution in [-0.4, -0.2) is 40.3 Å². The second-order valence-electron chi connectivity index (χ2n) is 4.56. The van der Waals surface area contributed by atoms with Crippen molar-refractivity contribution in [2.24, 2.45) is 0 Å². The molecule has 0 saturated heterocycles. The summed E-state index contributed by atoms with van der Waals surface area (Å²) in [4.78, 5) is 18.1. The first kappa shape index (κ1) is 16.3. The lowest BCUT2D eigenvalue weighted by molar-refractivity contribution is 0.0723. The van der Waals surface area contributed by atoms with Gasteiger partial charge in [0.25, 0.3) is 0 Å². The minimum Gasteiger partial charge on any atom is -0.335 e. The Balaban J connectivity index is 0.000000162. The predicted octanol–water partition coefficient (Wildman–Crippen LogP) is 3.55. The van der Waals surface area contributed by atoms with E-state index >= 15 is 0 Å². The smallest absolute Gasteiger partial charge is 0.315 e. The summed E-state index contributed by atoms with van der Waals surface area (Å²) in [5, 5.41) is 6.03. The van der Waals surface area contributed by atoms with Crippen LogP contribution < -0.4 is 0 Å². The fourth-order valence-electron chi connectivity index (χ4n) is 2.07.